The zero-order chi connectivity index (χ0) is 15.8. The average molecular weight is 305 g/mol. The Morgan fingerprint density at radius 3 is 2.77 bits per heavy atom. The van der Waals surface area contributed by atoms with Gasteiger partial charge < -0.3 is 14.8 Å². The Hall–Kier alpha value is -1.55. The van der Waals surface area contributed by atoms with Crippen LogP contribution in [0.1, 0.15) is 37.3 Å². The Morgan fingerprint density at radius 1 is 1.32 bits per heavy atom. The summed E-state index contributed by atoms with van der Waals surface area (Å²) in [5.41, 5.74) is 2.36. The number of hydrogen-bond acceptors (Lipinski definition) is 4. The molecule has 1 heterocycles. The van der Waals surface area contributed by atoms with Gasteiger partial charge in [-0.25, -0.2) is 0 Å². The molecule has 0 aromatic heterocycles. The molecular formula is C18H27NO3. The van der Waals surface area contributed by atoms with E-state index in [9.17, 15) is 4.79 Å². The van der Waals surface area contributed by atoms with E-state index in [1.807, 2.05) is 13.0 Å². The summed E-state index contributed by atoms with van der Waals surface area (Å²) in [6, 6.07) is 6.14. The molecule has 0 atom stereocenters. The van der Waals surface area contributed by atoms with Gasteiger partial charge in [-0.05, 0) is 75.4 Å². The third-order valence-corrected chi connectivity index (χ3v) is 4.16. The van der Waals surface area contributed by atoms with E-state index in [2.05, 4.69) is 24.4 Å². The highest BCUT2D eigenvalue weighted by atomic mass is 16.5. The van der Waals surface area contributed by atoms with Crippen molar-refractivity contribution < 1.29 is 14.3 Å². The van der Waals surface area contributed by atoms with Crippen molar-refractivity contribution in [3.63, 3.8) is 0 Å². The van der Waals surface area contributed by atoms with E-state index in [1.54, 1.807) is 0 Å². The molecule has 1 aliphatic heterocycles. The molecule has 22 heavy (non-hydrogen) atoms. The largest absolute Gasteiger partial charge is 0.493 e. The zero-order valence-corrected chi connectivity index (χ0v) is 13.7. The number of rotatable bonds is 7. The van der Waals surface area contributed by atoms with E-state index in [1.165, 1.54) is 24.0 Å². The van der Waals surface area contributed by atoms with Crippen molar-refractivity contribution >= 4 is 5.97 Å². The first-order valence-corrected chi connectivity index (χ1v) is 8.27. The van der Waals surface area contributed by atoms with Gasteiger partial charge in [0.05, 0.1) is 13.2 Å². The maximum Gasteiger partial charge on any atom is 0.306 e. The number of aryl methyl sites for hydroxylation is 2. The van der Waals surface area contributed by atoms with Crippen molar-refractivity contribution in [3.05, 3.63) is 29.3 Å². The molecule has 0 spiro atoms. The second-order valence-corrected chi connectivity index (χ2v) is 5.90. The lowest BCUT2D eigenvalue weighted by Crippen LogP contribution is -2.30. The number of ether oxygens (including phenoxy) is 2. The van der Waals surface area contributed by atoms with Gasteiger partial charge in [-0.15, -0.1) is 0 Å². The lowest BCUT2D eigenvalue weighted by atomic mass is 9.99. The molecule has 0 amide bonds. The fourth-order valence-corrected chi connectivity index (χ4v) is 2.77. The van der Waals surface area contributed by atoms with Gasteiger partial charge in [0.2, 0.25) is 0 Å². The van der Waals surface area contributed by atoms with Crippen LogP contribution in [0.25, 0.3) is 0 Å². The molecule has 0 aliphatic carbocycles. The quantitative estimate of drug-likeness (QED) is 0.787. The third kappa shape index (κ3) is 5.34. The van der Waals surface area contributed by atoms with Crippen LogP contribution in [0.5, 0.6) is 5.75 Å². The third-order valence-electron chi connectivity index (χ3n) is 4.16. The number of hydrogen-bond donors (Lipinski definition) is 1. The average Bonchev–Trinajstić information content (AvgIpc) is 2.53. The van der Waals surface area contributed by atoms with E-state index in [0.29, 0.717) is 18.9 Å². The monoisotopic (exact) mass is 305 g/mol. The van der Waals surface area contributed by atoms with Crippen LogP contribution in [0.2, 0.25) is 0 Å². The molecule has 0 saturated carbocycles. The maximum absolute atomic E-state index is 11.4. The van der Waals surface area contributed by atoms with Crippen molar-refractivity contribution in [3.8, 4) is 5.75 Å². The Balaban J connectivity index is 1.82. The predicted molar refractivity (Wildman–Crippen MR) is 87.2 cm³/mol. The fourth-order valence-electron chi connectivity index (χ4n) is 2.77. The molecule has 1 fully saturated rings. The molecule has 0 bridgehead atoms. The number of piperidine rings is 1. The number of carbonyl (C=O) groups excluding carboxylic acids is 1. The molecule has 0 radical (unpaired) electrons. The van der Waals surface area contributed by atoms with Crippen molar-refractivity contribution in [2.45, 2.75) is 39.5 Å². The van der Waals surface area contributed by atoms with Crippen LogP contribution in [0.15, 0.2) is 18.2 Å². The Bertz CT molecular complexity index is 481. The van der Waals surface area contributed by atoms with Gasteiger partial charge in [0.25, 0.3) is 0 Å². The normalized spacial score (nSPS) is 15.5. The number of nitrogens with one attached hydrogen (secondary N) is 1. The summed E-state index contributed by atoms with van der Waals surface area (Å²) in [7, 11) is 0. The zero-order valence-electron chi connectivity index (χ0n) is 13.7. The topological polar surface area (TPSA) is 47.6 Å². The van der Waals surface area contributed by atoms with E-state index < -0.39 is 0 Å². The molecule has 1 N–H and O–H groups in total. The molecule has 122 valence electrons. The van der Waals surface area contributed by atoms with E-state index >= 15 is 0 Å². The molecule has 1 saturated heterocycles. The Labute approximate surface area is 133 Å². The summed E-state index contributed by atoms with van der Waals surface area (Å²) < 4.78 is 10.9. The van der Waals surface area contributed by atoms with Gasteiger partial charge in [-0.1, -0.05) is 6.07 Å². The predicted octanol–water partition coefficient (Wildman–Crippen LogP) is 2.87. The fraction of sp³-hybridized carbons (Fsp3) is 0.611. The molecular weight excluding hydrogens is 278 g/mol. The van der Waals surface area contributed by atoms with Crippen LogP contribution < -0.4 is 10.1 Å². The first-order chi connectivity index (χ1) is 10.7. The summed E-state index contributed by atoms with van der Waals surface area (Å²) in [6.07, 6.45) is 3.54. The summed E-state index contributed by atoms with van der Waals surface area (Å²) in [4.78, 5) is 11.4. The molecule has 4 heteroatoms. The molecule has 1 aromatic rings. The van der Waals surface area contributed by atoms with Crippen LogP contribution in [-0.4, -0.2) is 32.3 Å². The van der Waals surface area contributed by atoms with E-state index in [-0.39, 0.29) is 5.97 Å². The summed E-state index contributed by atoms with van der Waals surface area (Å²) in [5, 5.41) is 3.37. The van der Waals surface area contributed by atoms with E-state index in [0.717, 1.165) is 31.9 Å². The highest BCUT2D eigenvalue weighted by Gasteiger charge is 2.13. The summed E-state index contributed by atoms with van der Waals surface area (Å²) >= 11 is 0. The molecule has 2 rings (SSSR count). The SMILES string of the molecule is CCOC(=O)CCc1ccc(OCC2CCNCC2)cc1C. The molecule has 1 aromatic carbocycles. The minimum atomic E-state index is -0.131. The van der Waals surface area contributed by atoms with Crippen LogP contribution in [0, 0.1) is 12.8 Å². The van der Waals surface area contributed by atoms with Gasteiger partial charge in [-0.3, -0.25) is 4.79 Å². The van der Waals surface area contributed by atoms with Crippen molar-refractivity contribution in [2.75, 3.05) is 26.3 Å². The minimum Gasteiger partial charge on any atom is -0.493 e. The van der Waals surface area contributed by atoms with Gasteiger partial charge in [0, 0.05) is 6.42 Å². The van der Waals surface area contributed by atoms with Crippen molar-refractivity contribution in [2.24, 2.45) is 5.92 Å². The van der Waals surface area contributed by atoms with Gasteiger partial charge in [0.1, 0.15) is 5.75 Å². The van der Waals surface area contributed by atoms with Gasteiger partial charge in [-0.2, -0.15) is 0 Å². The van der Waals surface area contributed by atoms with Crippen molar-refractivity contribution in [1.29, 1.82) is 0 Å². The first-order valence-electron chi connectivity index (χ1n) is 8.27. The summed E-state index contributed by atoms with van der Waals surface area (Å²) in [6.45, 7) is 7.33. The highest BCUT2D eigenvalue weighted by Crippen LogP contribution is 2.21. The standard InChI is InChI=1S/C18H27NO3/c1-3-21-18(20)7-5-16-4-6-17(12-14(16)2)22-13-15-8-10-19-11-9-15/h4,6,12,15,19H,3,5,7-11,13H2,1-2H3. The molecule has 4 nitrogen and oxygen atoms in total. The number of carbonyl (C=O) groups is 1. The first kappa shape index (κ1) is 16.8. The minimum absolute atomic E-state index is 0.131. The van der Waals surface area contributed by atoms with Crippen molar-refractivity contribution in [1.82, 2.24) is 5.32 Å². The van der Waals surface area contributed by atoms with Crippen LogP contribution in [0.4, 0.5) is 0 Å². The lowest BCUT2D eigenvalue weighted by molar-refractivity contribution is -0.143. The maximum atomic E-state index is 11.4. The van der Waals surface area contributed by atoms with Crippen LogP contribution in [-0.2, 0) is 16.0 Å². The van der Waals surface area contributed by atoms with Gasteiger partial charge >= 0.3 is 5.97 Å². The van der Waals surface area contributed by atoms with Crippen LogP contribution >= 0.6 is 0 Å². The van der Waals surface area contributed by atoms with Crippen LogP contribution in [0.3, 0.4) is 0 Å². The number of benzene rings is 1. The lowest BCUT2D eigenvalue weighted by Gasteiger charge is -2.22. The highest BCUT2D eigenvalue weighted by molar-refractivity contribution is 5.69. The molecule has 0 unspecified atom stereocenters. The second-order valence-electron chi connectivity index (χ2n) is 5.90. The van der Waals surface area contributed by atoms with Gasteiger partial charge in [0.15, 0.2) is 0 Å². The molecule has 1 aliphatic rings. The Kier molecular flexibility index (Phi) is 6.72. The van der Waals surface area contributed by atoms with E-state index in [4.69, 9.17) is 9.47 Å². The second kappa shape index (κ2) is 8.79. The Morgan fingerprint density at radius 2 is 2.09 bits per heavy atom. The smallest absolute Gasteiger partial charge is 0.306 e. The summed E-state index contributed by atoms with van der Waals surface area (Å²) in [5.74, 6) is 1.45. The number of esters is 1.